The van der Waals surface area contributed by atoms with Gasteiger partial charge in [-0.2, -0.15) is 0 Å². The van der Waals surface area contributed by atoms with Crippen LogP contribution in [-0.2, 0) is 6.42 Å². The van der Waals surface area contributed by atoms with E-state index in [9.17, 15) is 4.79 Å². The molecule has 98 valence electrons. The van der Waals surface area contributed by atoms with Gasteiger partial charge >= 0.3 is 0 Å². The minimum atomic E-state index is 0.257. The molecule has 2 aromatic rings. The van der Waals surface area contributed by atoms with Crippen molar-refractivity contribution in [3.8, 4) is 5.69 Å². The summed E-state index contributed by atoms with van der Waals surface area (Å²) in [4.78, 5) is 12.0. The summed E-state index contributed by atoms with van der Waals surface area (Å²) in [5.74, 6) is 0.257. The first-order valence-corrected chi connectivity index (χ1v) is 6.97. The number of fused-ring (bicyclic) bond motifs is 1. The predicted molar refractivity (Wildman–Crippen MR) is 77.5 cm³/mol. The topological polar surface area (TPSA) is 22.0 Å². The predicted octanol–water partition coefficient (Wildman–Crippen LogP) is 4.27. The molecule has 0 spiro atoms. The van der Waals surface area contributed by atoms with Crippen molar-refractivity contribution >= 4 is 17.4 Å². The zero-order valence-electron chi connectivity index (χ0n) is 11.2. The first-order valence-electron chi connectivity index (χ1n) is 6.59. The second kappa shape index (κ2) is 4.53. The molecule has 1 aromatic carbocycles. The number of halogens is 1. The molecular weight excluding hydrogens is 258 g/mol. The summed E-state index contributed by atoms with van der Waals surface area (Å²) in [6.07, 6.45) is 2.54. The molecule has 0 atom stereocenters. The van der Waals surface area contributed by atoms with Gasteiger partial charge in [0.15, 0.2) is 5.78 Å². The molecule has 1 heterocycles. The Morgan fingerprint density at radius 3 is 2.74 bits per heavy atom. The highest BCUT2D eigenvalue weighted by Gasteiger charge is 2.24. The van der Waals surface area contributed by atoms with Crippen LogP contribution in [0.2, 0.25) is 5.02 Å². The molecule has 3 heteroatoms. The van der Waals surface area contributed by atoms with Crippen molar-refractivity contribution in [2.24, 2.45) is 0 Å². The molecule has 0 amide bonds. The summed E-state index contributed by atoms with van der Waals surface area (Å²) in [6, 6.07) is 7.91. The molecule has 1 aliphatic rings. The van der Waals surface area contributed by atoms with Gasteiger partial charge in [-0.25, -0.2) is 0 Å². The average molecular weight is 274 g/mol. The molecule has 1 aliphatic carbocycles. The highest BCUT2D eigenvalue weighted by molar-refractivity contribution is 6.32. The Balaban J connectivity index is 2.29. The van der Waals surface area contributed by atoms with E-state index in [-0.39, 0.29) is 5.78 Å². The third kappa shape index (κ3) is 1.91. The first kappa shape index (κ1) is 12.5. The Labute approximate surface area is 118 Å². The van der Waals surface area contributed by atoms with E-state index in [1.807, 2.05) is 25.1 Å². The number of rotatable bonds is 1. The fourth-order valence-electron chi connectivity index (χ4n) is 2.95. The number of ketones is 1. The van der Waals surface area contributed by atoms with Crippen molar-refractivity contribution in [1.29, 1.82) is 0 Å². The van der Waals surface area contributed by atoms with Crippen molar-refractivity contribution in [2.75, 3.05) is 0 Å². The SMILES string of the molecule is Cc1cccc(Cl)c1-n1c(C)cc2c1CCCC2=O. The Hall–Kier alpha value is -1.54. The Bertz CT molecular complexity index is 649. The minimum absolute atomic E-state index is 0.257. The van der Waals surface area contributed by atoms with E-state index >= 15 is 0 Å². The van der Waals surface area contributed by atoms with Crippen molar-refractivity contribution < 1.29 is 4.79 Å². The zero-order valence-corrected chi connectivity index (χ0v) is 11.9. The molecule has 2 nitrogen and oxygen atoms in total. The van der Waals surface area contributed by atoms with Gasteiger partial charge < -0.3 is 4.57 Å². The van der Waals surface area contributed by atoms with Crippen LogP contribution in [0.15, 0.2) is 24.3 Å². The molecule has 0 saturated heterocycles. The van der Waals surface area contributed by atoms with Gasteiger partial charge in [-0.15, -0.1) is 0 Å². The number of benzene rings is 1. The first-order chi connectivity index (χ1) is 9.09. The van der Waals surface area contributed by atoms with Gasteiger partial charge in [0.05, 0.1) is 10.7 Å². The van der Waals surface area contributed by atoms with Gasteiger partial charge in [-0.1, -0.05) is 23.7 Å². The smallest absolute Gasteiger partial charge is 0.164 e. The lowest BCUT2D eigenvalue weighted by Crippen LogP contribution is -2.13. The number of hydrogen-bond acceptors (Lipinski definition) is 1. The van der Waals surface area contributed by atoms with Crippen LogP contribution >= 0.6 is 11.6 Å². The van der Waals surface area contributed by atoms with E-state index in [0.29, 0.717) is 6.42 Å². The second-order valence-electron chi connectivity index (χ2n) is 5.16. The normalized spacial score (nSPS) is 14.6. The molecule has 0 radical (unpaired) electrons. The molecule has 0 fully saturated rings. The van der Waals surface area contributed by atoms with Crippen LogP contribution in [-0.4, -0.2) is 10.4 Å². The van der Waals surface area contributed by atoms with Crippen LogP contribution in [0.3, 0.4) is 0 Å². The lowest BCUT2D eigenvalue weighted by Gasteiger charge is -2.18. The number of nitrogens with zero attached hydrogens (tertiary/aromatic N) is 1. The number of aryl methyl sites for hydroxylation is 2. The van der Waals surface area contributed by atoms with Gasteiger partial charge in [-0.05, 0) is 44.4 Å². The Morgan fingerprint density at radius 1 is 1.21 bits per heavy atom. The molecule has 0 saturated carbocycles. The fraction of sp³-hybridized carbons (Fsp3) is 0.312. The number of Topliss-reactive ketones (excluding diaryl/α,β-unsaturated/α-hetero) is 1. The van der Waals surface area contributed by atoms with Crippen molar-refractivity contribution in [2.45, 2.75) is 33.1 Å². The van der Waals surface area contributed by atoms with Crippen LogP contribution in [0.4, 0.5) is 0 Å². The molecule has 0 N–H and O–H groups in total. The molecule has 0 bridgehead atoms. The van der Waals surface area contributed by atoms with E-state index in [4.69, 9.17) is 11.6 Å². The zero-order chi connectivity index (χ0) is 13.6. The van der Waals surface area contributed by atoms with Gasteiger partial charge in [-0.3, -0.25) is 4.79 Å². The van der Waals surface area contributed by atoms with E-state index < -0.39 is 0 Å². The maximum absolute atomic E-state index is 12.0. The van der Waals surface area contributed by atoms with E-state index in [0.717, 1.165) is 46.1 Å². The maximum Gasteiger partial charge on any atom is 0.164 e. The van der Waals surface area contributed by atoms with Gasteiger partial charge in [0.1, 0.15) is 0 Å². The summed E-state index contributed by atoms with van der Waals surface area (Å²) >= 11 is 6.37. The highest BCUT2D eigenvalue weighted by Crippen LogP contribution is 2.32. The number of carbonyl (C=O) groups is 1. The molecule has 19 heavy (non-hydrogen) atoms. The monoisotopic (exact) mass is 273 g/mol. The van der Waals surface area contributed by atoms with E-state index in [1.165, 1.54) is 0 Å². The van der Waals surface area contributed by atoms with Gasteiger partial charge in [0.2, 0.25) is 0 Å². The Kier molecular flexibility index (Phi) is 2.98. The molecular formula is C16H16ClNO. The summed E-state index contributed by atoms with van der Waals surface area (Å²) in [5, 5.41) is 0.736. The van der Waals surface area contributed by atoms with Crippen LogP contribution in [0.1, 0.15) is 40.2 Å². The van der Waals surface area contributed by atoms with Crippen molar-refractivity contribution in [3.05, 3.63) is 51.8 Å². The van der Waals surface area contributed by atoms with Crippen LogP contribution in [0.25, 0.3) is 5.69 Å². The number of carbonyl (C=O) groups excluding carboxylic acids is 1. The lowest BCUT2D eigenvalue weighted by atomic mass is 9.96. The van der Waals surface area contributed by atoms with Crippen LogP contribution in [0, 0.1) is 13.8 Å². The largest absolute Gasteiger partial charge is 0.316 e. The summed E-state index contributed by atoms with van der Waals surface area (Å²) in [7, 11) is 0. The second-order valence-corrected chi connectivity index (χ2v) is 5.57. The summed E-state index contributed by atoms with van der Waals surface area (Å²) in [5.41, 5.74) is 5.22. The lowest BCUT2D eigenvalue weighted by molar-refractivity contribution is 0.0972. The van der Waals surface area contributed by atoms with Crippen LogP contribution < -0.4 is 0 Å². The van der Waals surface area contributed by atoms with E-state index in [1.54, 1.807) is 0 Å². The third-order valence-corrected chi connectivity index (χ3v) is 4.12. The summed E-state index contributed by atoms with van der Waals surface area (Å²) in [6.45, 7) is 4.09. The number of hydrogen-bond donors (Lipinski definition) is 0. The maximum atomic E-state index is 12.0. The molecule has 0 aliphatic heterocycles. The molecule has 1 aromatic heterocycles. The van der Waals surface area contributed by atoms with Crippen molar-refractivity contribution in [3.63, 3.8) is 0 Å². The standard InChI is InChI=1S/C16H16ClNO/c1-10-5-3-6-13(17)16(10)18-11(2)9-12-14(18)7-4-8-15(12)19/h3,5-6,9H,4,7-8H2,1-2H3. The summed E-state index contributed by atoms with van der Waals surface area (Å²) < 4.78 is 2.16. The quantitative estimate of drug-likeness (QED) is 0.761. The van der Waals surface area contributed by atoms with Gasteiger partial charge in [0.25, 0.3) is 0 Å². The molecule has 0 unspecified atom stereocenters. The molecule has 3 rings (SSSR count). The minimum Gasteiger partial charge on any atom is -0.316 e. The van der Waals surface area contributed by atoms with Crippen molar-refractivity contribution in [1.82, 2.24) is 4.57 Å². The average Bonchev–Trinajstić information content (AvgIpc) is 2.68. The Morgan fingerprint density at radius 2 is 2.00 bits per heavy atom. The van der Waals surface area contributed by atoms with Crippen LogP contribution in [0.5, 0.6) is 0 Å². The third-order valence-electron chi connectivity index (χ3n) is 3.82. The number of para-hydroxylation sites is 1. The van der Waals surface area contributed by atoms with E-state index in [2.05, 4.69) is 17.6 Å². The number of aromatic nitrogens is 1. The highest BCUT2D eigenvalue weighted by atomic mass is 35.5. The fourth-order valence-corrected chi connectivity index (χ4v) is 3.25. The van der Waals surface area contributed by atoms with Gasteiger partial charge in [0, 0.05) is 23.4 Å².